The molecule has 6 heteroatoms. The SMILES string of the molecule is CCC(CNC(C)c1ccc(F)cc1Br)NC(=O)OC(C)(C)C. The van der Waals surface area contributed by atoms with E-state index in [0.29, 0.717) is 6.54 Å². The minimum Gasteiger partial charge on any atom is -0.444 e. The molecule has 1 rings (SSSR count). The van der Waals surface area contributed by atoms with Crippen molar-refractivity contribution in [2.75, 3.05) is 6.54 Å². The van der Waals surface area contributed by atoms with E-state index in [9.17, 15) is 9.18 Å². The molecule has 1 aromatic rings. The van der Waals surface area contributed by atoms with Crippen LogP contribution in [0.2, 0.25) is 0 Å². The van der Waals surface area contributed by atoms with Gasteiger partial charge in [0.2, 0.25) is 0 Å². The van der Waals surface area contributed by atoms with Gasteiger partial charge in [-0.2, -0.15) is 0 Å². The molecule has 0 bridgehead atoms. The van der Waals surface area contributed by atoms with Gasteiger partial charge >= 0.3 is 6.09 Å². The molecule has 23 heavy (non-hydrogen) atoms. The minimum atomic E-state index is -0.512. The Hall–Kier alpha value is -1.14. The number of alkyl carbamates (subject to hydrolysis) is 1. The predicted molar refractivity (Wildman–Crippen MR) is 94.0 cm³/mol. The third-order valence-corrected chi connectivity index (χ3v) is 4.00. The number of rotatable bonds is 6. The predicted octanol–water partition coefficient (Wildman–Crippen LogP) is 4.54. The average molecular weight is 389 g/mol. The number of nitrogens with one attached hydrogen (secondary N) is 2. The smallest absolute Gasteiger partial charge is 0.407 e. The van der Waals surface area contributed by atoms with E-state index in [0.717, 1.165) is 16.5 Å². The summed E-state index contributed by atoms with van der Waals surface area (Å²) in [6.45, 7) is 10.1. The van der Waals surface area contributed by atoms with E-state index in [-0.39, 0.29) is 17.9 Å². The van der Waals surface area contributed by atoms with Crippen LogP contribution in [-0.4, -0.2) is 24.3 Å². The number of carbonyl (C=O) groups is 1. The first kappa shape index (κ1) is 19.9. The second-order valence-corrected chi connectivity index (χ2v) is 7.40. The zero-order chi connectivity index (χ0) is 17.6. The zero-order valence-electron chi connectivity index (χ0n) is 14.4. The summed E-state index contributed by atoms with van der Waals surface area (Å²) in [6.07, 6.45) is 0.366. The fraction of sp³-hybridized carbons (Fsp3) is 0.588. The van der Waals surface area contributed by atoms with Gasteiger partial charge in [0, 0.05) is 23.1 Å². The lowest BCUT2D eigenvalue weighted by Gasteiger charge is -2.24. The van der Waals surface area contributed by atoms with Crippen molar-refractivity contribution in [3.05, 3.63) is 34.1 Å². The fourth-order valence-electron chi connectivity index (χ4n) is 2.05. The van der Waals surface area contributed by atoms with Crippen molar-refractivity contribution in [2.45, 2.75) is 58.7 Å². The molecule has 2 atom stereocenters. The van der Waals surface area contributed by atoms with Crippen LogP contribution in [0.1, 0.15) is 52.6 Å². The number of hydrogen-bond donors (Lipinski definition) is 2. The maximum Gasteiger partial charge on any atom is 0.407 e. The molecule has 0 fully saturated rings. The molecular weight excluding hydrogens is 363 g/mol. The molecule has 1 aromatic carbocycles. The Morgan fingerprint density at radius 2 is 2.04 bits per heavy atom. The highest BCUT2D eigenvalue weighted by molar-refractivity contribution is 9.10. The van der Waals surface area contributed by atoms with Crippen LogP contribution < -0.4 is 10.6 Å². The Labute approximate surface area is 146 Å². The first-order valence-corrected chi connectivity index (χ1v) is 8.59. The molecule has 0 spiro atoms. The third-order valence-electron chi connectivity index (χ3n) is 3.31. The molecule has 1 amide bonds. The van der Waals surface area contributed by atoms with Crippen molar-refractivity contribution in [3.8, 4) is 0 Å². The molecule has 130 valence electrons. The van der Waals surface area contributed by atoms with Crippen molar-refractivity contribution in [2.24, 2.45) is 0 Å². The van der Waals surface area contributed by atoms with Gasteiger partial charge in [-0.1, -0.05) is 28.9 Å². The number of ether oxygens (including phenoxy) is 1. The van der Waals surface area contributed by atoms with Crippen LogP contribution in [0, 0.1) is 5.82 Å². The maximum absolute atomic E-state index is 13.1. The van der Waals surface area contributed by atoms with E-state index in [2.05, 4.69) is 26.6 Å². The second-order valence-electron chi connectivity index (χ2n) is 6.55. The molecule has 4 nitrogen and oxygen atoms in total. The van der Waals surface area contributed by atoms with Crippen LogP contribution >= 0.6 is 15.9 Å². The largest absolute Gasteiger partial charge is 0.444 e. The molecule has 0 saturated heterocycles. The summed E-state index contributed by atoms with van der Waals surface area (Å²) in [4.78, 5) is 11.8. The molecule has 0 heterocycles. The first-order valence-electron chi connectivity index (χ1n) is 7.80. The van der Waals surface area contributed by atoms with Crippen LogP contribution in [0.25, 0.3) is 0 Å². The molecule has 2 unspecified atom stereocenters. The maximum atomic E-state index is 13.1. The molecule has 0 aliphatic carbocycles. The van der Waals surface area contributed by atoms with Crippen molar-refractivity contribution < 1.29 is 13.9 Å². The Balaban J connectivity index is 2.55. The first-order chi connectivity index (χ1) is 10.6. The quantitative estimate of drug-likeness (QED) is 0.751. The van der Waals surface area contributed by atoms with Crippen molar-refractivity contribution in [3.63, 3.8) is 0 Å². The Morgan fingerprint density at radius 1 is 1.39 bits per heavy atom. The molecule has 0 saturated carbocycles. The van der Waals surface area contributed by atoms with E-state index in [1.807, 2.05) is 34.6 Å². The third kappa shape index (κ3) is 7.31. The van der Waals surface area contributed by atoms with Crippen molar-refractivity contribution >= 4 is 22.0 Å². The number of carbonyl (C=O) groups excluding carboxylic acids is 1. The summed E-state index contributed by atoms with van der Waals surface area (Å²) in [6, 6.07) is 4.63. The Bertz CT molecular complexity index is 532. The number of amides is 1. The highest BCUT2D eigenvalue weighted by atomic mass is 79.9. The standard InChI is InChI=1S/C17H26BrFN2O2/c1-6-13(21-16(22)23-17(3,4)5)10-20-11(2)14-8-7-12(19)9-15(14)18/h7-9,11,13,20H,6,10H2,1-5H3,(H,21,22). The molecule has 2 N–H and O–H groups in total. The Morgan fingerprint density at radius 3 is 2.57 bits per heavy atom. The second kappa shape index (κ2) is 8.64. The van der Waals surface area contributed by atoms with Crippen LogP contribution in [0.15, 0.2) is 22.7 Å². The van der Waals surface area contributed by atoms with Crippen molar-refractivity contribution in [1.29, 1.82) is 0 Å². The van der Waals surface area contributed by atoms with E-state index in [4.69, 9.17) is 4.74 Å². The van der Waals surface area contributed by atoms with Gasteiger partial charge in [0.1, 0.15) is 11.4 Å². The summed E-state index contributed by atoms with van der Waals surface area (Å²) in [5.74, 6) is -0.272. The van der Waals surface area contributed by atoms with Gasteiger partial charge in [0.25, 0.3) is 0 Å². The number of benzene rings is 1. The summed E-state index contributed by atoms with van der Waals surface area (Å²) in [7, 11) is 0. The monoisotopic (exact) mass is 388 g/mol. The molecule has 0 aliphatic heterocycles. The molecule has 0 aliphatic rings. The average Bonchev–Trinajstić information content (AvgIpc) is 2.41. The van der Waals surface area contributed by atoms with E-state index >= 15 is 0 Å². The number of hydrogen-bond acceptors (Lipinski definition) is 3. The van der Waals surface area contributed by atoms with Crippen LogP contribution in [0.3, 0.4) is 0 Å². The summed E-state index contributed by atoms with van der Waals surface area (Å²) in [5.41, 5.74) is 0.459. The van der Waals surface area contributed by atoms with Crippen LogP contribution in [0.5, 0.6) is 0 Å². The summed E-state index contributed by atoms with van der Waals surface area (Å²) in [5, 5.41) is 6.21. The van der Waals surface area contributed by atoms with Crippen LogP contribution in [0.4, 0.5) is 9.18 Å². The fourth-order valence-corrected chi connectivity index (χ4v) is 2.75. The van der Waals surface area contributed by atoms with Crippen LogP contribution in [-0.2, 0) is 4.74 Å². The molecular formula is C17H26BrFN2O2. The molecule has 0 radical (unpaired) electrons. The topological polar surface area (TPSA) is 50.4 Å². The molecule has 0 aromatic heterocycles. The van der Waals surface area contributed by atoms with E-state index < -0.39 is 11.7 Å². The number of halogens is 2. The van der Waals surface area contributed by atoms with Gasteiger partial charge in [0.05, 0.1) is 0 Å². The highest BCUT2D eigenvalue weighted by Crippen LogP contribution is 2.24. The van der Waals surface area contributed by atoms with Gasteiger partial charge < -0.3 is 15.4 Å². The lowest BCUT2D eigenvalue weighted by Crippen LogP contribution is -2.44. The summed E-state index contributed by atoms with van der Waals surface area (Å²) >= 11 is 3.38. The zero-order valence-corrected chi connectivity index (χ0v) is 16.0. The van der Waals surface area contributed by atoms with Gasteiger partial charge in [-0.3, -0.25) is 0 Å². The lowest BCUT2D eigenvalue weighted by atomic mass is 10.1. The highest BCUT2D eigenvalue weighted by Gasteiger charge is 2.19. The lowest BCUT2D eigenvalue weighted by molar-refractivity contribution is 0.0502. The van der Waals surface area contributed by atoms with Gasteiger partial charge in [-0.15, -0.1) is 0 Å². The summed E-state index contributed by atoms with van der Waals surface area (Å²) < 4.78 is 19.1. The Kier molecular flexibility index (Phi) is 7.48. The van der Waals surface area contributed by atoms with Crippen molar-refractivity contribution in [1.82, 2.24) is 10.6 Å². The van der Waals surface area contributed by atoms with E-state index in [1.165, 1.54) is 12.1 Å². The minimum absolute atomic E-state index is 0.0273. The normalized spacial score (nSPS) is 14.2. The van der Waals surface area contributed by atoms with E-state index in [1.54, 1.807) is 6.07 Å². The van der Waals surface area contributed by atoms with Gasteiger partial charge in [0.15, 0.2) is 0 Å². The van der Waals surface area contributed by atoms with Gasteiger partial charge in [-0.25, -0.2) is 9.18 Å². The van der Waals surface area contributed by atoms with Gasteiger partial charge in [-0.05, 0) is 51.8 Å².